The summed E-state index contributed by atoms with van der Waals surface area (Å²) < 4.78 is 44.7. The molecule has 2 aromatic rings. The second-order valence-corrected chi connectivity index (χ2v) is 5.22. The lowest BCUT2D eigenvalue weighted by atomic mass is 10.1. The minimum absolute atomic E-state index is 0.185. The normalized spacial score (nSPS) is 11.2. The van der Waals surface area contributed by atoms with Crippen molar-refractivity contribution < 1.29 is 32.6 Å². The number of alkyl halides is 3. The van der Waals surface area contributed by atoms with Gasteiger partial charge in [-0.25, -0.2) is 4.79 Å². The fraction of sp³-hybridized carbons (Fsp3) is 0.143. The Balaban J connectivity index is 2.64. The third kappa shape index (κ3) is 3.28. The molecule has 0 unspecified atom stereocenters. The highest BCUT2D eigenvalue weighted by molar-refractivity contribution is 7.17. The molecule has 0 aliphatic rings. The van der Waals surface area contributed by atoms with Crippen LogP contribution < -0.4 is 4.74 Å². The molecule has 0 aliphatic carbocycles. The van der Waals surface area contributed by atoms with E-state index in [2.05, 4.69) is 0 Å². The molecule has 1 aromatic carbocycles. The number of carboxylic acids is 1. The zero-order chi connectivity index (χ0) is 16.3. The van der Waals surface area contributed by atoms with Gasteiger partial charge in [-0.05, 0) is 5.56 Å². The van der Waals surface area contributed by atoms with Crippen molar-refractivity contribution in [2.24, 2.45) is 0 Å². The molecule has 0 bridgehead atoms. The molecule has 116 valence electrons. The maximum atomic E-state index is 13.3. The summed E-state index contributed by atoms with van der Waals surface area (Å²) in [5.41, 5.74) is -0.861. The minimum Gasteiger partial charge on any atom is -0.480 e. The van der Waals surface area contributed by atoms with Crippen LogP contribution in [0.3, 0.4) is 0 Å². The van der Waals surface area contributed by atoms with Gasteiger partial charge in [0.25, 0.3) is 0 Å². The second kappa shape index (κ2) is 6.18. The molecule has 0 spiro atoms. The van der Waals surface area contributed by atoms with Gasteiger partial charge in [-0.2, -0.15) is 13.2 Å². The number of aliphatic carboxylic acids is 1. The van der Waals surface area contributed by atoms with Crippen molar-refractivity contribution in [1.29, 1.82) is 0 Å². The summed E-state index contributed by atoms with van der Waals surface area (Å²) in [5.74, 6) is -2.17. The number of carbonyl (C=O) groups excluding carboxylic acids is 1. The Labute approximate surface area is 126 Å². The predicted molar refractivity (Wildman–Crippen MR) is 73.3 cm³/mol. The number of carboxylic acid groups (broad SMARTS) is 1. The van der Waals surface area contributed by atoms with Crippen LogP contribution >= 0.6 is 11.3 Å². The fourth-order valence-electron chi connectivity index (χ4n) is 1.84. The van der Waals surface area contributed by atoms with E-state index in [0.717, 1.165) is 0 Å². The van der Waals surface area contributed by atoms with Gasteiger partial charge in [-0.15, -0.1) is 11.3 Å². The minimum atomic E-state index is -4.78. The first-order valence-corrected chi connectivity index (χ1v) is 6.75. The van der Waals surface area contributed by atoms with Crippen LogP contribution in [0.2, 0.25) is 0 Å². The van der Waals surface area contributed by atoms with E-state index in [1.807, 2.05) is 0 Å². The SMILES string of the molecule is O=Cc1sc(-c2ccccc2)c(C(F)(F)F)c1OCC(=O)O. The summed E-state index contributed by atoms with van der Waals surface area (Å²) in [6, 6.07) is 7.71. The Morgan fingerprint density at radius 1 is 1.27 bits per heavy atom. The summed E-state index contributed by atoms with van der Waals surface area (Å²) >= 11 is 0.612. The molecule has 0 atom stereocenters. The van der Waals surface area contributed by atoms with E-state index < -0.39 is 30.1 Å². The molecule has 1 heterocycles. The van der Waals surface area contributed by atoms with Gasteiger partial charge in [-0.3, -0.25) is 4.79 Å². The van der Waals surface area contributed by atoms with E-state index in [1.54, 1.807) is 18.2 Å². The van der Waals surface area contributed by atoms with E-state index in [4.69, 9.17) is 9.84 Å². The zero-order valence-corrected chi connectivity index (χ0v) is 11.7. The van der Waals surface area contributed by atoms with E-state index in [9.17, 15) is 22.8 Å². The van der Waals surface area contributed by atoms with Crippen LogP contribution in [0.1, 0.15) is 15.2 Å². The summed E-state index contributed by atoms with van der Waals surface area (Å²) in [6.07, 6.45) is -4.56. The zero-order valence-electron chi connectivity index (χ0n) is 10.9. The van der Waals surface area contributed by atoms with Gasteiger partial charge in [0.15, 0.2) is 18.6 Å². The average molecular weight is 330 g/mol. The first-order chi connectivity index (χ1) is 10.3. The summed E-state index contributed by atoms with van der Waals surface area (Å²) in [7, 11) is 0. The molecular formula is C14H9F3O4S. The van der Waals surface area contributed by atoms with Crippen LogP contribution in [0.15, 0.2) is 30.3 Å². The molecular weight excluding hydrogens is 321 g/mol. The molecule has 0 fully saturated rings. The van der Waals surface area contributed by atoms with Crippen LogP contribution in [0.25, 0.3) is 10.4 Å². The first kappa shape index (κ1) is 16.0. The number of rotatable bonds is 5. The number of thiophene rings is 1. The Kier molecular flexibility index (Phi) is 4.51. The standard InChI is InChI=1S/C14H9F3O4S/c15-14(16,17)11-12(21-7-10(19)20)9(6-18)22-13(11)8-4-2-1-3-5-8/h1-6H,7H2,(H,19,20). The smallest absolute Gasteiger partial charge is 0.421 e. The Bertz CT molecular complexity index is 692. The topological polar surface area (TPSA) is 63.6 Å². The maximum Gasteiger partial charge on any atom is 0.421 e. The van der Waals surface area contributed by atoms with Gasteiger partial charge < -0.3 is 9.84 Å². The molecule has 2 rings (SSSR count). The molecule has 0 aliphatic heterocycles. The molecule has 0 saturated carbocycles. The fourth-order valence-corrected chi connectivity index (χ4v) is 2.92. The largest absolute Gasteiger partial charge is 0.480 e. The monoisotopic (exact) mass is 330 g/mol. The second-order valence-electron chi connectivity index (χ2n) is 4.16. The highest BCUT2D eigenvalue weighted by atomic mass is 32.1. The molecule has 8 heteroatoms. The highest BCUT2D eigenvalue weighted by Crippen LogP contribution is 2.49. The molecule has 0 amide bonds. The van der Waals surface area contributed by atoms with Crippen molar-refractivity contribution in [2.75, 3.05) is 6.61 Å². The number of benzene rings is 1. The van der Waals surface area contributed by atoms with E-state index >= 15 is 0 Å². The summed E-state index contributed by atoms with van der Waals surface area (Å²) in [4.78, 5) is 21.0. The number of hydrogen-bond acceptors (Lipinski definition) is 4. The quantitative estimate of drug-likeness (QED) is 0.849. The third-order valence-electron chi connectivity index (χ3n) is 2.66. The summed E-state index contributed by atoms with van der Waals surface area (Å²) in [6.45, 7) is -0.963. The third-order valence-corrected chi connectivity index (χ3v) is 3.80. The molecule has 22 heavy (non-hydrogen) atoms. The van der Waals surface area contributed by atoms with Gasteiger partial charge in [0.2, 0.25) is 0 Å². The molecule has 0 radical (unpaired) electrons. The van der Waals surface area contributed by atoms with Gasteiger partial charge >= 0.3 is 12.1 Å². The predicted octanol–water partition coefficient (Wildman–Crippen LogP) is 3.71. The first-order valence-electron chi connectivity index (χ1n) is 5.93. The van der Waals surface area contributed by atoms with Crippen LogP contribution in [0, 0.1) is 0 Å². The van der Waals surface area contributed by atoms with Crippen LogP contribution in [-0.2, 0) is 11.0 Å². The van der Waals surface area contributed by atoms with Gasteiger partial charge in [0.05, 0.1) is 4.88 Å². The lowest BCUT2D eigenvalue weighted by Gasteiger charge is -2.11. The lowest BCUT2D eigenvalue weighted by molar-refractivity contribution is -0.143. The van der Waals surface area contributed by atoms with Crippen LogP contribution in [0.5, 0.6) is 5.75 Å². The summed E-state index contributed by atoms with van der Waals surface area (Å²) in [5, 5.41) is 8.56. The Morgan fingerprint density at radius 3 is 2.41 bits per heavy atom. The number of halogens is 3. The van der Waals surface area contributed by atoms with E-state index in [0.29, 0.717) is 11.3 Å². The van der Waals surface area contributed by atoms with Crippen molar-refractivity contribution in [3.05, 3.63) is 40.8 Å². The number of aldehydes is 1. The van der Waals surface area contributed by atoms with Gasteiger partial charge in [0.1, 0.15) is 10.4 Å². The van der Waals surface area contributed by atoms with E-state index in [-0.39, 0.29) is 21.6 Å². The number of ether oxygens (including phenoxy) is 1. The van der Waals surface area contributed by atoms with Gasteiger partial charge in [-0.1, -0.05) is 30.3 Å². The lowest BCUT2D eigenvalue weighted by Crippen LogP contribution is -2.14. The molecule has 4 nitrogen and oxygen atoms in total. The number of hydrogen-bond donors (Lipinski definition) is 1. The molecule has 1 N–H and O–H groups in total. The van der Waals surface area contributed by atoms with Crippen molar-refractivity contribution >= 4 is 23.6 Å². The van der Waals surface area contributed by atoms with Crippen LogP contribution in [0.4, 0.5) is 13.2 Å². The average Bonchev–Trinajstić information content (AvgIpc) is 2.84. The number of carbonyl (C=O) groups is 2. The molecule has 1 aromatic heterocycles. The maximum absolute atomic E-state index is 13.3. The van der Waals surface area contributed by atoms with E-state index in [1.165, 1.54) is 12.1 Å². The van der Waals surface area contributed by atoms with Crippen molar-refractivity contribution in [3.8, 4) is 16.2 Å². The van der Waals surface area contributed by atoms with Crippen LogP contribution in [-0.4, -0.2) is 24.0 Å². The highest BCUT2D eigenvalue weighted by Gasteiger charge is 2.41. The van der Waals surface area contributed by atoms with Crippen molar-refractivity contribution in [1.82, 2.24) is 0 Å². The van der Waals surface area contributed by atoms with Gasteiger partial charge in [0, 0.05) is 0 Å². The van der Waals surface area contributed by atoms with Crippen molar-refractivity contribution in [3.63, 3.8) is 0 Å². The van der Waals surface area contributed by atoms with Crippen molar-refractivity contribution in [2.45, 2.75) is 6.18 Å². The Hall–Kier alpha value is -2.35. The Morgan fingerprint density at radius 2 is 1.91 bits per heavy atom. The molecule has 0 saturated heterocycles.